The van der Waals surface area contributed by atoms with E-state index in [4.69, 9.17) is 11.6 Å². The van der Waals surface area contributed by atoms with Gasteiger partial charge in [0.1, 0.15) is 5.15 Å². The highest BCUT2D eigenvalue weighted by Crippen LogP contribution is 2.33. The summed E-state index contributed by atoms with van der Waals surface area (Å²) in [6.07, 6.45) is 9.31. The van der Waals surface area contributed by atoms with Gasteiger partial charge in [-0.25, -0.2) is 4.98 Å². The molecular formula is C21H25ClFN. The first-order chi connectivity index (χ1) is 11.7. The molecular weight excluding hydrogens is 321 g/mol. The lowest BCUT2D eigenvalue weighted by molar-refractivity contribution is 0.259. The number of hydrogen-bond acceptors (Lipinski definition) is 1. The molecule has 0 saturated heterocycles. The summed E-state index contributed by atoms with van der Waals surface area (Å²) in [5.41, 5.74) is 2.69. The van der Waals surface area contributed by atoms with Crippen molar-refractivity contribution in [3.8, 4) is 11.1 Å². The molecule has 0 N–H and O–H groups in total. The van der Waals surface area contributed by atoms with Crippen molar-refractivity contribution in [1.29, 1.82) is 0 Å². The molecule has 1 nitrogen and oxygen atoms in total. The number of aromatic nitrogens is 1. The van der Waals surface area contributed by atoms with Crippen LogP contribution in [0.4, 0.5) is 4.39 Å². The summed E-state index contributed by atoms with van der Waals surface area (Å²) in [7, 11) is 0. The van der Waals surface area contributed by atoms with Gasteiger partial charge < -0.3 is 0 Å². The summed E-state index contributed by atoms with van der Waals surface area (Å²) >= 11 is 5.71. The van der Waals surface area contributed by atoms with E-state index in [-0.39, 0.29) is 5.15 Å². The Bertz CT molecular complexity index is 660. The van der Waals surface area contributed by atoms with Crippen molar-refractivity contribution >= 4 is 11.6 Å². The number of hydrogen-bond donors (Lipinski definition) is 0. The van der Waals surface area contributed by atoms with Crippen LogP contribution in [0.25, 0.3) is 11.1 Å². The molecule has 2 aromatic rings. The standard InChI is InChI=1S/C21H25ClFN/c1-2-15-3-5-16(6-4-15)7-8-17-9-11-18(12-10-17)19-13-14-20(22)24-21(19)23/h9-16H,2-8H2,1H3/t15-,16-. The van der Waals surface area contributed by atoms with Crippen molar-refractivity contribution in [2.45, 2.75) is 51.9 Å². The second-order valence-corrected chi connectivity index (χ2v) is 7.39. The van der Waals surface area contributed by atoms with Gasteiger partial charge in [-0.2, -0.15) is 4.39 Å². The Balaban J connectivity index is 1.57. The van der Waals surface area contributed by atoms with Crippen LogP contribution >= 0.6 is 11.6 Å². The van der Waals surface area contributed by atoms with Gasteiger partial charge in [0.2, 0.25) is 5.95 Å². The van der Waals surface area contributed by atoms with Crippen molar-refractivity contribution in [2.75, 3.05) is 0 Å². The Morgan fingerprint density at radius 1 is 1.00 bits per heavy atom. The predicted molar refractivity (Wildman–Crippen MR) is 98.7 cm³/mol. The van der Waals surface area contributed by atoms with Gasteiger partial charge in [0.05, 0.1) is 0 Å². The Morgan fingerprint density at radius 3 is 2.29 bits per heavy atom. The summed E-state index contributed by atoms with van der Waals surface area (Å²) in [6.45, 7) is 2.31. The molecule has 1 aromatic carbocycles. The molecule has 0 bridgehead atoms. The summed E-state index contributed by atoms with van der Waals surface area (Å²) in [6, 6.07) is 11.5. The number of nitrogens with zero attached hydrogens (tertiary/aromatic N) is 1. The molecule has 24 heavy (non-hydrogen) atoms. The van der Waals surface area contributed by atoms with Gasteiger partial charge in [-0.05, 0) is 47.9 Å². The fourth-order valence-corrected chi connectivity index (χ4v) is 3.91. The van der Waals surface area contributed by atoms with Crippen LogP contribution in [0.3, 0.4) is 0 Å². The zero-order valence-corrected chi connectivity index (χ0v) is 15.0. The molecule has 1 aliphatic rings. The molecule has 0 unspecified atom stereocenters. The van der Waals surface area contributed by atoms with E-state index >= 15 is 0 Å². The van der Waals surface area contributed by atoms with E-state index in [0.717, 1.165) is 23.8 Å². The van der Waals surface area contributed by atoms with Crippen LogP contribution in [-0.2, 0) is 6.42 Å². The smallest absolute Gasteiger partial charge is 0.207 e. The lowest BCUT2D eigenvalue weighted by Crippen LogP contribution is -2.14. The van der Waals surface area contributed by atoms with E-state index in [1.807, 2.05) is 12.1 Å². The van der Waals surface area contributed by atoms with Crippen LogP contribution in [0.15, 0.2) is 36.4 Å². The monoisotopic (exact) mass is 345 g/mol. The lowest BCUT2D eigenvalue weighted by Gasteiger charge is -2.27. The maximum Gasteiger partial charge on any atom is 0.222 e. The zero-order valence-electron chi connectivity index (χ0n) is 14.3. The first-order valence-electron chi connectivity index (χ1n) is 9.07. The van der Waals surface area contributed by atoms with Crippen molar-refractivity contribution in [3.05, 3.63) is 53.1 Å². The lowest BCUT2D eigenvalue weighted by atomic mass is 9.78. The van der Waals surface area contributed by atoms with E-state index in [9.17, 15) is 4.39 Å². The van der Waals surface area contributed by atoms with Crippen LogP contribution in [0.1, 0.15) is 51.0 Å². The highest BCUT2D eigenvalue weighted by Gasteiger charge is 2.19. The van der Waals surface area contributed by atoms with Crippen LogP contribution in [-0.4, -0.2) is 4.98 Å². The summed E-state index contributed by atoms with van der Waals surface area (Å²) in [5, 5.41) is 0.186. The van der Waals surface area contributed by atoms with Gasteiger partial charge in [0.25, 0.3) is 0 Å². The molecule has 3 heteroatoms. The predicted octanol–water partition coefficient (Wildman–Crippen LogP) is 6.69. The molecule has 0 aliphatic heterocycles. The third kappa shape index (κ3) is 4.36. The van der Waals surface area contributed by atoms with Gasteiger partial charge in [-0.1, -0.05) is 74.9 Å². The average Bonchev–Trinajstić information content (AvgIpc) is 2.61. The molecule has 0 spiro atoms. The SMILES string of the molecule is CC[C@H]1CC[C@H](CCc2ccc(-c3ccc(Cl)nc3F)cc2)CC1. The Hall–Kier alpha value is -1.41. The molecule has 128 valence electrons. The molecule has 1 aromatic heterocycles. The molecule has 1 fully saturated rings. The van der Waals surface area contributed by atoms with Gasteiger partial charge in [0, 0.05) is 5.56 Å². The van der Waals surface area contributed by atoms with E-state index in [1.54, 1.807) is 12.1 Å². The quantitative estimate of drug-likeness (QED) is 0.550. The Morgan fingerprint density at radius 2 is 1.67 bits per heavy atom. The maximum atomic E-state index is 13.9. The summed E-state index contributed by atoms with van der Waals surface area (Å²) in [5.74, 6) is 1.33. The fraction of sp³-hybridized carbons (Fsp3) is 0.476. The molecule has 0 amide bonds. The van der Waals surface area contributed by atoms with E-state index in [1.165, 1.54) is 44.1 Å². The second-order valence-electron chi connectivity index (χ2n) is 7.00. The summed E-state index contributed by atoms with van der Waals surface area (Å²) in [4.78, 5) is 3.68. The molecule has 0 atom stereocenters. The first-order valence-corrected chi connectivity index (χ1v) is 9.45. The van der Waals surface area contributed by atoms with E-state index < -0.39 is 5.95 Å². The van der Waals surface area contributed by atoms with Crippen molar-refractivity contribution in [3.63, 3.8) is 0 Å². The average molecular weight is 346 g/mol. The number of benzene rings is 1. The second kappa shape index (κ2) is 8.11. The number of pyridine rings is 1. The van der Waals surface area contributed by atoms with Gasteiger partial charge >= 0.3 is 0 Å². The van der Waals surface area contributed by atoms with Crippen LogP contribution in [0.5, 0.6) is 0 Å². The number of rotatable bonds is 5. The normalized spacial score (nSPS) is 21.0. The molecule has 0 radical (unpaired) electrons. The minimum atomic E-state index is -0.511. The Labute approximate surface area is 149 Å². The van der Waals surface area contributed by atoms with Crippen LogP contribution in [0.2, 0.25) is 5.15 Å². The topological polar surface area (TPSA) is 12.9 Å². The zero-order chi connectivity index (χ0) is 16.9. The van der Waals surface area contributed by atoms with E-state index in [0.29, 0.717) is 5.56 Å². The molecule has 1 saturated carbocycles. The highest BCUT2D eigenvalue weighted by atomic mass is 35.5. The largest absolute Gasteiger partial charge is 0.222 e. The Kier molecular flexibility index (Phi) is 5.89. The van der Waals surface area contributed by atoms with Gasteiger partial charge in [-0.15, -0.1) is 0 Å². The number of halogens is 2. The molecule has 1 heterocycles. The maximum absolute atomic E-state index is 13.9. The van der Waals surface area contributed by atoms with Crippen molar-refractivity contribution in [2.24, 2.45) is 11.8 Å². The molecule has 1 aliphatic carbocycles. The minimum Gasteiger partial charge on any atom is -0.207 e. The number of aryl methyl sites for hydroxylation is 1. The summed E-state index contributed by atoms with van der Waals surface area (Å²) < 4.78 is 13.9. The van der Waals surface area contributed by atoms with Gasteiger partial charge in [-0.3, -0.25) is 0 Å². The van der Waals surface area contributed by atoms with Crippen molar-refractivity contribution in [1.82, 2.24) is 4.98 Å². The fourth-order valence-electron chi connectivity index (χ4n) is 3.78. The van der Waals surface area contributed by atoms with Crippen LogP contribution in [0, 0.1) is 17.8 Å². The third-order valence-electron chi connectivity index (χ3n) is 5.46. The minimum absolute atomic E-state index is 0.186. The highest BCUT2D eigenvalue weighted by molar-refractivity contribution is 6.29. The third-order valence-corrected chi connectivity index (χ3v) is 5.68. The van der Waals surface area contributed by atoms with Crippen LogP contribution < -0.4 is 0 Å². The molecule has 3 rings (SSSR count). The first kappa shape index (κ1) is 17.4. The van der Waals surface area contributed by atoms with E-state index in [2.05, 4.69) is 24.0 Å². The van der Waals surface area contributed by atoms with Crippen molar-refractivity contribution < 1.29 is 4.39 Å². The van der Waals surface area contributed by atoms with Gasteiger partial charge in [0.15, 0.2) is 0 Å².